The van der Waals surface area contributed by atoms with Gasteiger partial charge in [0.2, 0.25) is 0 Å². The summed E-state index contributed by atoms with van der Waals surface area (Å²) in [4.78, 5) is 0. The number of hydrogen-bond donors (Lipinski definition) is 0. The predicted octanol–water partition coefficient (Wildman–Crippen LogP) is -1.11. The predicted molar refractivity (Wildman–Crippen MR) is 45.9 cm³/mol. The first-order chi connectivity index (χ1) is 6.04. The molecule has 0 unspecified atom stereocenters. The molecule has 14 heavy (non-hydrogen) atoms. The zero-order chi connectivity index (χ0) is 9.90. The average Bonchev–Trinajstić information content (AvgIpc) is 2.04. The van der Waals surface area contributed by atoms with Crippen molar-refractivity contribution in [2.75, 3.05) is 7.11 Å². The van der Waals surface area contributed by atoms with Gasteiger partial charge in [-0.15, -0.1) is 5.46 Å². The van der Waals surface area contributed by atoms with E-state index >= 15 is 0 Å². The van der Waals surface area contributed by atoms with Crippen molar-refractivity contribution in [1.29, 1.82) is 0 Å². The van der Waals surface area contributed by atoms with E-state index in [-0.39, 0.29) is 58.0 Å². The number of halogens is 3. The molecule has 1 aromatic rings. The van der Waals surface area contributed by atoms with Gasteiger partial charge >= 0.3 is 58.4 Å². The molecule has 0 saturated heterocycles. The Balaban J connectivity index is 0.00000169. The van der Waals surface area contributed by atoms with Crippen molar-refractivity contribution in [1.82, 2.24) is 0 Å². The van der Waals surface area contributed by atoms with Gasteiger partial charge in [-0.05, 0) is 5.56 Å². The molecule has 0 saturated carbocycles. The van der Waals surface area contributed by atoms with E-state index in [1.807, 2.05) is 0 Å². The largest absolute Gasteiger partial charge is 1.00 e. The van der Waals surface area contributed by atoms with Crippen LogP contribution in [0.5, 0.6) is 0 Å². The summed E-state index contributed by atoms with van der Waals surface area (Å²) in [6.45, 7) is -4.68. The van der Waals surface area contributed by atoms with Crippen LogP contribution in [0.1, 0.15) is 5.56 Å². The van der Waals surface area contributed by atoms with E-state index in [9.17, 15) is 12.9 Å². The molecule has 1 rings (SSSR count). The third kappa shape index (κ3) is 4.46. The van der Waals surface area contributed by atoms with Crippen LogP contribution in [0.2, 0.25) is 0 Å². The maximum atomic E-state index is 12.2. The van der Waals surface area contributed by atoms with E-state index < -0.39 is 12.4 Å². The molecule has 0 fully saturated rings. The van der Waals surface area contributed by atoms with Crippen molar-refractivity contribution in [3.63, 3.8) is 0 Å². The molecule has 0 N–H and O–H groups in total. The van der Waals surface area contributed by atoms with Crippen molar-refractivity contribution in [2.24, 2.45) is 0 Å². The Morgan fingerprint density at radius 2 is 1.93 bits per heavy atom. The molecular weight excluding hydrogens is 219 g/mol. The minimum absolute atomic E-state index is 0. The van der Waals surface area contributed by atoms with Gasteiger partial charge in [0.05, 0.1) is 6.61 Å². The van der Waals surface area contributed by atoms with E-state index in [0.29, 0.717) is 5.56 Å². The van der Waals surface area contributed by atoms with Gasteiger partial charge in [-0.3, -0.25) is 0 Å². The Hall–Kier alpha value is 0.671. The van der Waals surface area contributed by atoms with Crippen LogP contribution in [-0.2, 0) is 11.3 Å². The minimum atomic E-state index is -4.89. The summed E-state index contributed by atoms with van der Waals surface area (Å²) in [5.74, 6) is 0. The second-order valence-corrected chi connectivity index (χ2v) is 2.75. The van der Waals surface area contributed by atoms with Crippen molar-refractivity contribution < 1.29 is 69.1 Å². The fourth-order valence-corrected chi connectivity index (χ4v) is 1.05. The third-order valence-electron chi connectivity index (χ3n) is 1.64. The molecular formula is C8H9BF3KO. The molecule has 0 heterocycles. The topological polar surface area (TPSA) is 9.23 Å². The van der Waals surface area contributed by atoms with Gasteiger partial charge in [-0.25, -0.2) is 0 Å². The van der Waals surface area contributed by atoms with Crippen LogP contribution in [0.3, 0.4) is 0 Å². The number of rotatable bonds is 3. The Morgan fingerprint density at radius 3 is 2.43 bits per heavy atom. The van der Waals surface area contributed by atoms with Crippen molar-refractivity contribution >= 4 is 12.4 Å². The molecule has 0 aliphatic carbocycles. The summed E-state index contributed by atoms with van der Waals surface area (Å²) in [7, 11) is 1.45. The maximum Gasteiger partial charge on any atom is 1.00 e. The first kappa shape index (κ1) is 14.7. The van der Waals surface area contributed by atoms with Gasteiger partial charge in [0.25, 0.3) is 0 Å². The van der Waals surface area contributed by atoms with Crippen LogP contribution in [0.25, 0.3) is 0 Å². The number of hydrogen-bond acceptors (Lipinski definition) is 1. The normalized spacial score (nSPS) is 10.9. The SMILES string of the molecule is COCc1cccc([B-](F)(F)F)c1.[K+]. The first-order valence-electron chi connectivity index (χ1n) is 3.82. The van der Waals surface area contributed by atoms with Gasteiger partial charge in [0.15, 0.2) is 0 Å². The Bertz CT molecular complexity index is 290. The van der Waals surface area contributed by atoms with E-state index in [0.717, 1.165) is 12.1 Å². The van der Waals surface area contributed by atoms with Gasteiger partial charge in [0.1, 0.15) is 0 Å². The Labute approximate surface area is 123 Å². The van der Waals surface area contributed by atoms with E-state index in [1.54, 1.807) is 6.07 Å². The van der Waals surface area contributed by atoms with Gasteiger partial charge in [-0.2, -0.15) is 0 Å². The molecule has 0 bridgehead atoms. The second kappa shape index (κ2) is 6.30. The molecule has 0 atom stereocenters. The minimum Gasteiger partial charge on any atom is -0.445 e. The summed E-state index contributed by atoms with van der Waals surface area (Å²) in [6, 6.07) is 5.18. The van der Waals surface area contributed by atoms with Crippen molar-refractivity contribution in [2.45, 2.75) is 6.61 Å². The summed E-state index contributed by atoms with van der Waals surface area (Å²) in [5, 5.41) is 0. The zero-order valence-electron chi connectivity index (χ0n) is 8.14. The standard InChI is InChI=1S/C8H9BF3O.K/c1-13-6-7-3-2-4-8(5-7)9(10,11)12;/h2-5H,6H2,1H3;/q-1;+1. The Kier molecular flexibility index (Phi) is 6.60. The van der Waals surface area contributed by atoms with Crippen LogP contribution < -0.4 is 56.8 Å². The second-order valence-electron chi connectivity index (χ2n) is 2.75. The maximum absolute atomic E-state index is 12.2. The molecule has 1 nitrogen and oxygen atoms in total. The van der Waals surface area contributed by atoms with Gasteiger partial charge in [0, 0.05) is 7.11 Å². The smallest absolute Gasteiger partial charge is 0.445 e. The third-order valence-corrected chi connectivity index (χ3v) is 1.64. The molecule has 0 radical (unpaired) electrons. The van der Waals surface area contributed by atoms with E-state index in [1.165, 1.54) is 13.2 Å². The van der Waals surface area contributed by atoms with Crippen LogP contribution in [-0.4, -0.2) is 14.1 Å². The molecule has 1 aromatic carbocycles. The van der Waals surface area contributed by atoms with E-state index in [2.05, 4.69) is 0 Å². The summed E-state index contributed by atoms with van der Waals surface area (Å²) in [6.07, 6.45) is 0. The number of ether oxygens (including phenoxy) is 1. The monoisotopic (exact) mass is 228 g/mol. The molecule has 0 aromatic heterocycles. The fourth-order valence-electron chi connectivity index (χ4n) is 1.05. The summed E-state index contributed by atoms with van der Waals surface area (Å²) in [5.41, 5.74) is -0.0336. The molecule has 0 aliphatic rings. The zero-order valence-corrected chi connectivity index (χ0v) is 11.3. The van der Waals surface area contributed by atoms with Crippen LogP contribution in [0, 0.1) is 0 Å². The molecule has 0 aliphatic heterocycles. The van der Waals surface area contributed by atoms with Crippen LogP contribution >= 0.6 is 0 Å². The fraction of sp³-hybridized carbons (Fsp3) is 0.250. The first-order valence-corrected chi connectivity index (χ1v) is 3.82. The van der Waals surface area contributed by atoms with Crippen molar-refractivity contribution in [3.8, 4) is 0 Å². The molecule has 0 spiro atoms. The molecule has 0 amide bonds. The average molecular weight is 228 g/mol. The Morgan fingerprint density at radius 1 is 1.29 bits per heavy atom. The summed E-state index contributed by atoms with van der Waals surface area (Å²) < 4.78 is 41.4. The summed E-state index contributed by atoms with van der Waals surface area (Å²) >= 11 is 0. The quantitative estimate of drug-likeness (QED) is 0.596. The number of benzene rings is 1. The van der Waals surface area contributed by atoms with E-state index in [4.69, 9.17) is 4.74 Å². The van der Waals surface area contributed by atoms with Gasteiger partial charge in [-0.1, -0.05) is 24.3 Å². The molecule has 72 valence electrons. The van der Waals surface area contributed by atoms with Crippen LogP contribution in [0.4, 0.5) is 12.9 Å². The van der Waals surface area contributed by atoms with Crippen molar-refractivity contribution in [3.05, 3.63) is 29.8 Å². The molecule has 6 heteroatoms. The van der Waals surface area contributed by atoms with Crippen LogP contribution in [0.15, 0.2) is 24.3 Å². The van der Waals surface area contributed by atoms with Gasteiger partial charge < -0.3 is 17.7 Å². The number of methoxy groups -OCH3 is 1.